The molecule has 0 radical (unpaired) electrons. The number of rotatable bonds is 8. The quantitative estimate of drug-likeness (QED) is 0.753. The lowest BCUT2D eigenvalue weighted by Gasteiger charge is -2.10. The van der Waals surface area contributed by atoms with Crippen LogP contribution in [0.5, 0.6) is 5.88 Å². The average molecular weight is 289 g/mol. The van der Waals surface area contributed by atoms with Crippen molar-refractivity contribution in [2.45, 2.75) is 25.3 Å². The van der Waals surface area contributed by atoms with E-state index >= 15 is 0 Å². The van der Waals surface area contributed by atoms with E-state index in [4.69, 9.17) is 13.9 Å². The normalized spacial score (nSPS) is 14.1. The highest BCUT2D eigenvalue weighted by atomic mass is 16.5. The molecule has 2 aromatic rings. The zero-order valence-corrected chi connectivity index (χ0v) is 12.0. The van der Waals surface area contributed by atoms with Gasteiger partial charge in [-0.1, -0.05) is 0 Å². The molecule has 0 saturated heterocycles. The van der Waals surface area contributed by atoms with E-state index in [1.54, 1.807) is 13.4 Å². The van der Waals surface area contributed by atoms with E-state index in [1.807, 2.05) is 18.2 Å². The first-order chi connectivity index (χ1) is 10.3. The van der Waals surface area contributed by atoms with Gasteiger partial charge in [-0.05, 0) is 25.0 Å². The van der Waals surface area contributed by atoms with Gasteiger partial charge in [0.1, 0.15) is 24.0 Å². The molecule has 21 heavy (non-hydrogen) atoms. The molecular weight excluding hydrogens is 270 g/mol. The highest BCUT2D eigenvalue weighted by Crippen LogP contribution is 2.39. The van der Waals surface area contributed by atoms with Crippen LogP contribution in [0.15, 0.2) is 28.9 Å². The highest BCUT2D eigenvalue weighted by molar-refractivity contribution is 5.39. The van der Waals surface area contributed by atoms with Crippen LogP contribution in [0.4, 0.5) is 5.82 Å². The fourth-order valence-corrected chi connectivity index (χ4v) is 1.95. The van der Waals surface area contributed by atoms with E-state index in [9.17, 15) is 0 Å². The third-order valence-corrected chi connectivity index (χ3v) is 3.22. The summed E-state index contributed by atoms with van der Waals surface area (Å²) in [4.78, 5) is 9.01. The summed E-state index contributed by atoms with van der Waals surface area (Å²) < 4.78 is 15.9. The van der Waals surface area contributed by atoms with Crippen molar-refractivity contribution in [3.05, 3.63) is 36.0 Å². The standard InChI is InChI=1S/C15H19N3O3/c1-19-7-8-21-14-9-13(16-10-12-3-2-6-20-12)17-15(18-14)11-4-5-11/h2-3,6,9,11H,4-5,7-8,10H2,1H3,(H,16,17,18). The average Bonchev–Trinajstić information content (AvgIpc) is 3.22. The Kier molecular flexibility index (Phi) is 4.35. The largest absolute Gasteiger partial charge is 0.475 e. The Labute approximate surface area is 123 Å². The van der Waals surface area contributed by atoms with Crippen LogP contribution in [0.2, 0.25) is 0 Å². The molecule has 1 saturated carbocycles. The van der Waals surface area contributed by atoms with Gasteiger partial charge in [-0.2, -0.15) is 4.98 Å². The molecule has 3 rings (SSSR count). The molecule has 6 nitrogen and oxygen atoms in total. The molecule has 6 heteroatoms. The second-order valence-corrected chi connectivity index (χ2v) is 5.00. The molecule has 0 unspecified atom stereocenters. The molecular formula is C15H19N3O3. The van der Waals surface area contributed by atoms with Crippen LogP contribution >= 0.6 is 0 Å². The fourth-order valence-electron chi connectivity index (χ4n) is 1.95. The maximum atomic E-state index is 5.60. The summed E-state index contributed by atoms with van der Waals surface area (Å²) in [6, 6.07) is 5.60. The van der Waals surface area contributed by atoms with Crippen molar-refractivity contribution >= 4 is 5.82 Å². The molecule has 0 aromatic carbocycles. The van der Waals surface area contributed by atoms with Crippen LogP contribution in [0, 0.1) is 0 Å². The van der Waals surface area contributed by atoms with Crippen LogP contribution < -0.4 is 10.1 Å². The highest BCUT2D eigenvalue weighted by Gasteiger charge is 2.27. The van der Waals surface area contributed by atoms with Gasteiger partial charge in [-0.15, -0.1) is 0 Å². The zero-order chi connectivity index (χ0) is 14.5. The molecule has 2 heterocycles. The summed E-state index contributed by atoms with van der Waals surface area (Å²) in [7, 11) is 1.65. The van der Waals surface area contributed by atoms with E-state index in [-0.39, 0.29) is 0 Å². The fraction of sp³-hybridized carbons (Fsp3) is 0.467. The zero-order valence-electron chi connectivity index (χ0n) is 12.0. The Hall–Kier alpha value is -2.08. The number of methoxy groups -OCH3 is 1. The maximum Gasteiger partial charge on any atom is 0.218 e. The molecule has 1 aliphatic carbocycles. The van der Waals surface area contributed by atoms with E-state index in [1.165, 1.54) is 0 Å². The lowest BCUT2D eigenvalue weighted by molar-refractivity contribution is 0.143. The van der Waals surface area contributed by atoms with Gasteiger partial charge in [-0.25, -0.2) is 4.98 Å². The van der Waals surface area contributed by atoms with Crippen molar-refractivity contribution in [2.24, 2.45) is 0 Å². The third kappa shape index (κ3) is 3.95. The number of hydrogen-bond acceptors (Lipinski definition) is 6. The van der Waals surface area contributed by atoms with E-state index in [2.05, 4.69) is 15.3 Å². The van der Waals surface area contributed by atoms with Crippen molar-refractivity contribution in [3.8, 4) is 5.88 Å². The first-order valence-corrected chi connectivity index (χ1v) is 7.12. The summed E-state index contributed by atoms with van der Waals surface area (Å²) in [5.74, 6) is 3.54. The van der Waals surface area contributed by atoms with Gasteiger partial charge in [0, 0.05) is 19.1 Å². The predicted molar refractivity (Wildman–Crippen MR) is 77.4 cm³/mol. The second kappa shape index (κ2) is 6.58. The van der Waals surface area contributed by atoms with Gasteiger partial charge in [0.25, 0.3) is 0 Å². The molecule has 1 N–H and O–H groups in total. The number of nitrogens with one attached hydrogen (secondary N) is 1. The van der Waals surface area contributed by atoms with Gasteiger partial charge in [0.05, 0.1) is 19.4 Å². The molecule has 0 aliphatic heterocycles. The second-order valence-electron chi connectivity index (χ2n) is 5.00. The first kappa shape index (κ1) is 13.9. The molecule has 0 amide bonds. The topological polar surface area (TPSA) is 69.4 Å². The molecule has 1 fully saturated rings. The van der Waals surface area contributed by atoms with E-state index in [0.717, 1.165) is 30.2 Å². The number of anilines is 1. The van der Waals surface area contributed by atoms with Crippen molar-refractivity contribution in [2.75, 3.05) is 25.6 Å². The summed E-state index contributed by atoms with van der Waals surface area (Å²) in [5.41, 5.74) is 0. The molecule has 0 bridgehead atoms. The Bertz CT molecular complexity index is 568. The minimum Gasteiger partial charge on any atom is -0.475 e. The Morgan fingerprint density at radius 1 is 1.33 bits per heavy atom. The van der Waals surface area contributed by atoms with Gasteiger partial charge in [0.15, 0.2) is 0 Å². The number of hydrogen-bond donors (Lipinski definition) is 1. The van der Waals surface area contributed by atoms with Gasteiger partial charge in [-0.3, -0.25) is 0 Å². The smallest absolute Gasteiger partial charge is 0.218 e. The van der Waals surface area contributed by atoms with Crippen LogP contribution in [-0.4, -0.2) is 30.3 Å². The van der Waals surface area contributed by atoms with Crippen LogP contribution in [0.1, 0.15) is 30.3 Å². The Morgan fingerprint density at radius 2 is 2.24 bits per heavy atom. The van der Waals surface area contributed by atoms with Crippen molar-refractivity contribution in [1.29, 1.82) is 0 Å². The molecule has 0 atom stereocenters. The first-order valence-electron chi connectivity index (χ1n) is 7.12. The number of furan rings is 1. The maximum absolute atomic E-state index is 5.60. The SMILES string of the molecule is COCCOc1cc(NCc2ccco2)nc(C2CC2)n1. The summed E-state index contributed by atoms with van der Waals surface area (Å²) in [5, 5.41) is 3.24. The minimum absolute atomic E-state index is 0.472. The van der Waals surface area contributed by atoms with E-state index in [0.29, 0.717) is 31.6 Å². The predicted octanol–water partition coefficient (Wildman–Crippen LogP) is 2.58. The summed E-state index contributed by atoms with van der Waals surface area (Å²) >= 11 is 0. The lowest BCUT2D eigenvalue weighted by Crippen LogP contribution is -2.09. The van der Waals surface area contributed by atoms with Crippen LogP contribution in [-0.2, 0) is 11.3 Å². The van der Waals surface area contributed by atoms with Crippen molar-refractivity contribution < 1.29 is 13.9 Å². The molecule has 112 valence electrons. The number of ether oxygens (including phenoxy) is 2. The monoisotopic (exact) mass is 289 g/mol. The summed E-state index contributed by atoms with van der Waals surface area (Å²) in [6.45, 7) is 1.61. The number of nitrogens with zero attached hydrogens (tertiary/aromatic N) is 2. The Balaban J connectivity index is 1.68. The van der Waals surface area contributed by atoms with E-state index < -0.39 is 0 Å². The Morgan fingerprint density at radius 3 is 2.95 bits per heavy atom. The van der Waals surface area contributed by atoms with Crippen molar-refractivity contribution in [3.63, 3.8) is 0 Å². The van der Waals surface area contributed by atoms with Gasteiger partial charge in [0.2, 0.25) is 5.88 Å². The summed E-state index contributed by atoms with van der Waals surface area (Å²) in [6.07, 6.45) is 3.96. The van der Waals surface area contributed by atoms with Crippen LogP contribution in [0.25, 0.3) is 0 Å². The van der Waals surface area contributed by atoms with Crippen molar-refractivity contribution in [1.82, 2.24) is 9.97 Å². The van der Waals surface area contributed by atoms with Gasteiger partial charge < -0.3 is 19.2 Å². The lowest BCUT2D eigenvalue weighted by atomic mass is 10.3. The van der Waals surface area contributed by atoms with Gasteiger partial charge >= 0.3 is 0 Å². The minimum atomic E-state index is 0.472. The molecule has 2 aromatic heterocycles. The number of aromatic nitrogens is 2. The van der Waals surface area contributed by atoms with Crippen LogP contribution in [0.3, 0.4) is 0 Å². The third-order valence-electron chi connectivity index (χ3n) is 3.22. The molecule has 0 spiro atoms. The molecule has 1 aliphatic rings.